The first-order chi connectivity index (χ1) is 8.47. The molecule has 4 nitrogen and oxygen atoms in total. The van der Waals surface area contributed by atoms with Gasteiger partial charge in [0.15, 0.2) is 0 Å². The number of likely N-dealkylation sites (tertiary alicyclic amines) is 1. The fraction of sp³-hybridized carbons (Fsp3) is 0.929. The topological polar surface area (TPSA) is 55.6 Å². The molecular weight excluding hydrogens is 228 g/mol. The van der Waals surface area contributed by atoms with Crippen LogP contribution in [0.4, 0.5) is 0 Å². The van der Waals surface area contributed by atoms with E-state index in [0.717, 1.165) is 25.9 Å². The molecule has 0 aromatic rings. The molecule has 1 aliphatic carbocycles. The van der Waals surface area contributed by atoms with Gasteiger partial charge in [0.25, 0.3) is 0 Å². The van der Waals surface area contributed by atoms with Crippen LogP contribution in [-0.4, -0.2) is 41.6 Å². The zero-order valence-electron chi connectivity index (χ0n) is 11.7. The molecule has 2 rings (SSSR count). The summed E-state index contributed by atoms with van der Waals surface area (Å²) in [5.41, 5.74) is 5.10. The molecule has 0 spiro atoms. The van der Waals surface area contributed by atoms with Crippen molar-refractivity contribution >= 4 is 5.91 Å². The van der Waals surface area contributed by atoms with E-state index in [4.69, 9.17) is 10.5 Å². The minimum absolute atomic E-state index is 0.0572. The highest BCUT2D eigenvalue weighted by Crippen LogP contribution is 2.25. The molecule has 104 valence electrons. The molecule has 1 amide bonds. The fourth-order valence-corrected chi connectivity index (χ4v) is 2.90. The van der Waals surface area contributed by atoms with E-state index < -0.39 is 5.54 Å². The Labute approximate surface area is 110 Å². The van der Waals surface area contributed by atoms with Gasteiger partial charge in [-0.15, -0.1) is 0 Å². The van der Waals surface area contributed by atoms with Crippen LogP contribution in [0.1, 0.15) is 52.4 Å². The lowest BCUT2D eigenvalue weighted by atomic mass is 10.0. The number of ether oxygens (including phenoxy) is 1. The summed E-state index contributed by atoms with van der Waals surface area (Å²) in [6.45, 7) is 5.13. The van der Waals surface area contributed by atoms with E-state index in [1.54, 1.807) is 13.8 Å². The average Bonchev–Trinajstić information content (AvgIpc) is 2.81. The van der Waals surface area contributed by atoms with Gasteiger partial charge in [0.05, 0.1) is 17.7 Å². The maximum absolute atomic E-state index is 12.0. The van der Waals surface area contributed by atoms with Gasteiger partial charge in [-0.1, -0.05) is 12.8 Å². The smallest absolute Gasteiger partial charge is 0.242 e. The molecule has 1 saturated heterocycles. The Hall–Kier alpha value is -0.610. The number of amides is 1. The van der Waals surface area contributed by atoms with Crippen molar-refractivity contribution in [3.63, 3.8) is 0 Å². The minimum atomic E-state index is -0.751. The molecule has 0 radical (unpaired) electrons. The maximum atomic E-state index is 12.0. The molecule has 0 atom stereocenters. The van der Waals surface area contributed by atoms with Crippen molar-refractivity contribution < 1.29 is 9.53 Å². The van der Waals surface area contributed by atoms with Crippen LogP contribution in [-0.2, 0) is 9.53 Å². The van der Waals surface area contributed by atoms with Crippen molar-refractivity contribution in [1.82, 2.24) is 4.90 Å². The highest BCUT2D eigenvalue weighted by atomic mass is 16.5. The predicted molar refractivity (Wildman–Crippen MR) is 71.2 cm³/mol. The summed E-state index contributed by atoms with van der Waals surface area (Å²) >= 11 is 0. The van der Waals surface area contributed by atoms with E-state index in [1.165, 1.54) is 25.7 Å². The molecule has 0 aromatic carbocycles. The van der Waals surface area contributed by atoms with Crippen molar-refractivity contribution in [3.8, 4) is 0 Å². The van der Waals surface area contributed by atoms with Gasteiger partial charge in [-0.3, -0.25) is 4.79 Å². The highest BCUT2D eigenvalue weighted by Gasteiger charge is 2.32. The first-order valence-corrected chi connectivity index (χ1v) is 7.20. The molecule has 0 aromatic heterocycles. The summed E-state index contributed by atoms with van der Waals surface area (Å²) < 4.78 is 6.10. The summed E-state index contributed by atoms with van der Waals surface area (Å²) in [5.74, 6) is 0.0572. The van der Waals surface area contributed by atoms with Crippen molar-refractivity contribution in [2.75, 3.05) is 13.1 Å². The summed E-state index contributed by atoms with van der Waals surface area (Å²) in [6, 6.07) is 0. The van der Waals surface area contributed by atoms with Crippen molar-refractivity contribution in [2.24, 2.45) is 5.73 Å². The monoisotopic (exact) mass is 254 g/mol. The van der Waals surface area contributed by atoms with Gasteiger partial charge in [0.2, 0.25) is 5.91 Å². The number of piperidine rings is 1. The Kier molecular flexibility index (Phi) is 4.28. The van der Waals surface area contributed by atoms with E-state index in [1.807, 2.05) is 4.90 Å². The lowest BCUT2D eigenvalue weighted by Gasteiger charge is -2.36. The van der Waals surface area contributed by atoms with E-state index in [9.17, 15) is 4.79 Å². The summed E-state index contributed by atoms with van der Waals surface area (Å²) in [7, 11) is 0. The van der Waals surface area contributed by atoms with Gasteiger partial charge in [0.1, 0.15) is 0 Å². The summed E-state index contributed by atoms with van der Waals surface area (Å²) in [6.07, 6.45) is 7.79. The number of nitrogens with two attached hydrogens (primary N) is 1. The lowest BCUT2D eigenvalue weighted by molar-refractivity contribution is -0.139. The van der Waals surface area contributed by atoms with Crippen LogP contribution in [0, 0.1) is 0 Å². The maximum Gasteiger partial charge on any atom is 0.242 e. The average molecular weight is 254 g/mol. The fourth-order valence-electron chi connectivity index (χ4n) is 2.90. The predicted octanol–water partition coefficient (Wildman–Crippen LogP) is 1.67. The van der Waals surface area contributed by atoms with Crippen LogP contribution in [0.3, 0.4) is 0 Å². The molecule has 0 bridgehead atoms. The van der Waals surface area contributed by atoms with Crippen molar-refractivity contribution in [1.29, 1.82) is 0 Å². The second-order valence-corrected chi connectivity index (χ2v) is 6.26. The Balaban J connectivity index is 1.75. The van der Waals surface area contributed by atoms with Crippen LogP contribution < -0.4 is 5.73 Å². The van der Waals surface area contributed by atoms with E-state index in [0.29, 0.717) is 12.2 Å². The number of carbonyl (C=O) groups excluding carboxylic acids is 1. The first-order valence-electron chi connectivity index (χ1n) is 7.20. The Morgan fingerprint density at radius 3 is 2.11 bits per heavy atom. The van der Waals surface area contributed by atoms with Crippen molar-refractivity contribution in [2.45, 2.75) is 70.1 Å². The third-order valence-corrected chi connectivity index (χ3v) is 3.97. The molecule has 1 aliphatic heterocycles. The molecule has 2 fully saturated rings. The van der Waals surface area contributed by atoms with Crippen LogP contribution in [0.15, 0.2) is 0 Å². The van der Waals surface area contributed by atoms with Gasteiger partial charge in [0, 0.05) is 13.1 Å². The molecule has 18 heavy (non-hydrogen) atoms. The Bertz CT molecular complexity index is 285. The van der Waals surface area contributed by atoms with Gasteiger partial charge in [-0.2, -0.15) is 0 Å². The zero-order valence-corrected chi connectivity index (χ0v) is 11.7. The van der Waals surface area contributed by atoms with E-state index in [2.05, 4.69) is 0 Å². The van der Waals surface area contributed by atoms with Crippen LogP contribution in [0.5, 0.6) is 0 Å². The minimum Gasteiger partial charge on any atom is -0.375 e. The molecule has 1 heterocycles. The van der Waals surface area contributed by atoms with Gasteiger partial charge in [-0.05, 0) is 39.5 Å². The quantitative estimate of drug-likeness (QED) is 0.833. The molecule has 0 unspecified atom stereocenters. The second-order valence-electron chi connectivity index (χ2n) is 6.26. The highest BCUT2D eigenvalue weighted by molar-refractivity contribution is 5.85. The number of rotatable bonds is 3. The Morgan fingerprint density at radius 1 is 1.11 bits per heavy atom. The van der Waals surface area contributed by atoms with Crippen LogP contribution in [0.25, 0.3) is 0 Å². The molecule has 2 N–H and O–H groups in total. The summed E-state index contributed by atoms with van der Waals surface area (Å²) in [5, 5.41) is 0. The van der Waals surface area contributed by atoms with Gasteiger partial charge in [-0.25, -0.2) is 0 Å². The van der Waals surface area contributed by atoms with Gasteiger partial charge >= 0.3 is 0 Å². The largest absolute Gasteiger partial charge is 0.375 e. The number of carbonyl (C=O) groups is 1. The zero-order chi connectivity index (χ0) is 13.2. The second kappa shape index (κ2) is 5.57. The summed E-state index contributed by atoms with van der Waals surface area (Å²) in [4.78, 5) is 13.9. The molecular formula is C14H26N2O2. The molecule has 2 aliphatic rings. The van der Waals surface area contributed by atoms with E-state index >= 15 is 0 Å². The lowest BCUT2D eigenvalue weighted by Crippen LogP contribution is -2.53. The molecule has 1 saturated carbocycles. The number of hydrogen-bond acceptors (Lipinski definition) is 3. The normalized spacial score (nSPS) is 23.6. The number of nitrogens with zero attached hydrogens (tertiary/aromatic N) is 1. The van der Waals surface area contributed by atoms with Crippen molar-refractivity contribution in [3.05, 3.63) is 0 Å². The standard InChI is InChI=1S/C14H26N2O2/c1-14(2,15)13(17)16-9-7-12(8-10-16)18-11-5-3-4-6-11/h11-12H,3-10,15H2,1-2H3. The van der Waals surface area contributed by atoms with Crippen LogP contribution in [0.2, 0.25) is 0 Å². The SMILES string of the molecule is CC(C)(N)C(=O)N1CCC(OC2CCCC2)CC1. The Morgan fingerprint density at radius 2 is 1.61 bits per heavy atom. The molecule has 4 heteroatoms. The van der Waals surface area contributed by atoms with E-state index in [-0.39, 0.29) is 5.91 Å². The van der Waals surface area contributed by atoms with Gasteiger partial charge < -0.3 is 15.4 Å². The third-order valence-electron chi connectivity index (χ3n) is 3.97. The first kappa shape index (κ1) is 13.8. The van der Waals surface area contributed by atoms with Crippen LogP contribution >= 0.6 is 0 Å². The third kappa shape index (κ3) is 3.45. The number of hydrogen-bond donors (Lipinski definition) is 1.